The molecule has 1 aliphatic carbocycles. The Hall–Kier alpha value is -3.28. The number of ether oxygens (including phenoxy) is 2. The average molecular weight is 525 g/mol. The lowest BCUT2D eigenvalue weighted by Crippen LogP contribution is -2.52. The Morgan fingerprint density at radius 2 is 1.65 bits per heavy atom. The predicted octanol–water partition coefficient (Wildman–Crippen LogP) is 3.75. The molecule has 0 unspecified atom stereocenters. The van der Waals surface area contributed by atoms with E-state index < -0.39 is 12.3 Å². The van der Waals surface area contributed by atoms with Crippen molar-refractivity contribution in [2.24, 2.45) is 0 Å². The standard InChI is InChI=1S/C25H31F3N4O5/c26-25(27,28)37-20-9-7-19(8-10-20)35-17-22(33)29-15-23-30-21(16-36-23)24(34)32-13-11-31(12-14-32)18-5-3-1-2-4-6-18/h7-10,16,18H,1-6,11-15,17H2,(H,29,33). The van der Waals surface area contributed by atoms with Crippen LogP contribution in [0.5, 0.6) is 11.5 Å². The molecule has 0 atom stereocenters. The van der Waals surface area contributed by atoms with Gasteiger partial charge in [-0.05, 0) is 37.1 Å². The fourth-order valence-corrected chi connectivity index (χ4v) is 4.68. The number of nitrogens with zero attached hydrogens (tertiary/aromatic N) is 3. The Kier molecular flexibility index (Phi) is 8.91. The normalized spacial score (nSPS) is 17.8. The van der Waals surface area contributed by atoms with Crippen molar-refractivity contribution in [1.82, 2.24) is 20.1 Å². The molecule has 1 N–H and O–H groups in total. The predicted molar refractivity (Wildman–Crippen MR) is 126 cm³/mol. The number of amides is 2. The highest BCUT2D eigenvalue weighted by Crippen LogP contribution is 2.25. The highest BCUT2D eigenvalue weighted by Gasteiger charge is 2.31. The number of carbonyl (C=O) groups is 2. The number of rotatable bonds is 8. The van der Waals surface area contributed by atoms with Gasteiger partial charge in [0.05, 0.1) is 6.54 Å². The minimum absolute atomic E-state index is 0.0384. The molecule has 12 heteroatoms. The maximum absolute atomic E-state index is 12.9. The lowest BCUT2D eigenvalue weighted by Gasteiger charge is -2.39. The SMILES string of the molecule is O=C(COc1ccc(OC(F)(F)F)cc1)NCc1nc(C(=O)N2CCN(C3CCCCCC3)CC2)co1. The lowest BCUT2D eigenvalue weighted by molar-refractivity contribution is -0.274. The third-order valence-electron chi connectivity index (χ3n) is 6.58. The smallest absolute Gasteiger partial charge is 0.484 e. The largest absolute Gasteiger partial charge is 0.573 e. The van der Waals surface area contributed by atoms with Crippen LogP contribution < -0.4 is 14.8 Å². The lowest BCUT2D eigenvalue weighted by atomic mass is 10.1. The highest BCUT2D eigenvalue weighted by atomic mass is 19.4. The van der Waals surface area contributed by atoms with Gasteiger partial charge in [-0.15, -0.1) is 13.2 Å². The van der Waals surface area contributed by atoms with E-state index in [4.69, 9.17) is 9.15 Å². The number of aromatic nitrogens is 1. The van der Waals surface area contributed by atoms with Crippen molar-refractivity contribution in [3.05, 3.63) is 42.1 Å². The Morgan fingerprint density at radius 1 is 1.00 bits per heavy atom. The van der Waals surface area contributed by atoms with Gasteiger partial charge in [-0.3, -0.25) is 14.5 Å². The summed E-state index contributed by atoms with van der Waals surface area (Å²) in [5, 5.41) is 2.57. The zero-order chi connectivity index (χ0) is 26.3. The van der Waals surface area contributed by atoms with Gasteiger partial charge in [-0.2, -0.15) is 0 Å². The molecule has 1 aromatic heterocycles. The van der Waals surface area contributed by atoms with E-state index in [1.165, 1.54) is 56.9 Å². The quantitative estimate of drug-likeness (QED) is 0.526. The maximum atomic E-state index is 12.9. The van der Waals surface area contributed by atoms with Gasteiger partial charge < -0.3 is 24.1 Å². The second-order valence-electron chi connectivity index (χ2n) is 9.18. The molecule has 9 nitrogen and oxygen atoms in total. The summed E-state index contributed by atoms with van der Waals surface area (Å²) in [5.74, 6) is -0.685. The molecule has 1 aliphatic heterocycles. The second kappa shape index (κ2) is 12.3. The Morgan fingerprint density at radius 3 is 2.30 bits per heavy atom. The number of carbonyl (C=O) groups excluding carboxylic acids is 2. The molecule has 37 heavy (non-hydrogen) atoms. The average Bonchev–Trinajstić information content (AvgIpc) is 3.19. The van der Waals surface area contributed by atoms with Crippen molar-refractivity contribution in [2.75, 3.05) is 32.8 Å². The molecular weight excluding hydrogens is 493 g/mol. The highest BCUT2D eigenvalue weighted by molar-refractivity contribution is 5.92. The third kappa shape index (κ3) is 8.11. The topological polar surface area (TPSA) is 97.1 Å². The van der Waals surface area contributed by atoms with E-state index in [1.54, 1.807) is 4.90 Å². The van der Waals surface area contributed by atoms with Crippen LogP contribution >= 0.6 is 0 Å². The fourth-order valence-electron chi connectivity index (χ4n) is 4.68. The van der Waals surface area contributed by atoms with E-state index in [2.05, 4.69) is 19.9 Å². The number of hydrogen-bond donors (Lipinski definition) is 1. The molecule has 0 bridgehead atoms. The van der Waals surface area contributed by atoms with Crippen LogP contribution in [0.1, 0.15) is 54.9 Å². The van der Waals surface area contributed by atoms with Crippen LogP contribution in [0.4, 0.5) is 13.2 Å². The first kappa shape index (κ1) is 26.8. The molecule has 0 spiro atoms. The molecule has 2 aromatic rings. The summed E-state index contributed by atoms with van der Waals surface area (Å²) in [6.07, 6.45) is 4.17. The van der Waals surface area contributed by atoms with E-state index in [1.807, 2.05) is 0 Å². The first-order chi connectivity index (χ1) is 17.8. The van der Waals surface area contributed by atoms with E-state index >= 15 is 0 Å². The first-order valence-electron chi connectivity index (χ1n) is 12.5. The van der Waals surface area contributed by atoms with Gasteiger partial charge in [-0.25, -0.2) is 4.98 Å². The number of nitrogens with one attached hydrogen (secondary N) is 1. The Labute approximate surface area is 212 Å². The summed E-state index contributed by atoms with van der Waals surface area (Å²) in [5.41, 5.74) is 0.199. The summed E-state index contributed by atoms with van der Waals surface area (Å²) >= 11 is 0. The van der Waals surface area contributed by atoms with E-state index in [0.717, 1.165) is 25.2 Å². The number of hydrogen-bond acceptors (Lipinski definition) is 7. The first-order valence-corrected chi connectivity index (χ1v) is 12.5. The van der Waals surface area contributed by atoms with Gasteiger partial charge in [-0.1, -0.05) is 25.7 Å². The number of halogens is 3. The van der Waals surface area contributed by atoms with Crippen LogP contribution in [0, 0.1) is 0 Å². The van der Waals surface area contributed by atoms with Gasteiger partial charge in [0.2, 0.25) is 5.89 Å². The fraction of sp³-hybridized carbons (Fsp3) is 0.560. The number of piperazine rings is 1. The zero-order valence-corrected chi connectivity index (χ0v) is 20.5. The molecule has 202 valence electrons. The molecule has 2 aliphatic rings. The van der Waals surface area contributed by atoms with Crippen LogP contribution in [-0.2, 0) is 11.3 Å². The number of oxazole rings is 1. The number of benzene rings is 1. The Balaban J connectivity index is 1.17. The van der Waals surface area contributed by atoms with E-state index in [0.29, 0.717) is 19.1 Å². The van der Waals surface area contributed by atoms with Crippen LogP contribution in [0.25, 0.3) is 0 Å². The van der Waals surface area contributed by atoms with Crippen LogP contribution in [0.2, 0.25) is 0 Å². The summed E-state index contributed by atoms with van der Waals surface area (Å²) in [6.45, 7) is 2.61. The molecule has 0 radical (unpaired) electrons. The van der Waals surface area contributed by atoms with E-state index in [9.17, 15) is 22.8 Å². The van der Waals surface area contributed by atoms with Crippen LogP contribution in [0.15, 0.2) is 34.9 Å². The minimum atomic E-state index is -4.78. The summed E-state index contributed by atoms with van der Waals surface area (Å²) in [7, 11) is 0. The van der Waals surface area contributed by atoms with Gasteiger partial charge >= 0.3 is 6.36 Å². The van der Waals surface area contributed by atoms with Crippen molar-refractivity contribution in [3.8, 4) is 11.5 Å². The molecule has 1 saturated carbocycles. The molecule has 4 rings (SSSR count). The van der Waals surface area contributed by atoms with Gasteiger partial charge in [0.15, 0.2) is 12.3 Å². The molecular formula is C25H31F3N4O5. The van der Waals surface area contributed by atoms with Crippen LogP contribution in [-0.4, -0.2) is 71.8 Å². The van der Waals surface area contributed by atoms with Gasteiger partial charge in [0.25, 0.3) is 11.8 Å². The monoisotopic (exact) mass is 524 g/mol. The third-order valence-corrected chi connectivity index (χ3v) is 6.58. The number of alkyl halides is 3. The van der Waals surface area contributed by atoms with Crippen molar-refractivity contribution in [1.29, 1.82) is 0 Å². The van der Waals surface area contributed by atoms with Crippen molar-refractivity contribution in [2.45, 2.75) is 57.5 Å². The molecule has 1 saturated heterocycles. The summed E-state index contributed by atoms with van der Waals surface area (Å²) in [6, 6.07) is 5.31. The van der Waals surface area contributed by atoms with Crippen molar-refractivity contribution < 1.29 is 36.7 Å². The summed E-state index contributed by atoms with van der Waals surface area (Å²) in [4.78, 5) is 33.4. The van der Waals surface area contributed by atoms with Crippen molar-refractivity contribution in [3.63, 3.8) is 0 Å². The molecule has 2 heterocycles. The molecule has 2 amide bonds. The van der Waals surface area contributed by atoms with Gasteiger partial charge in [0, 0.05) is 32.2 Å². The second-order valence-corrected chi connectivity index (χ2v) is 9.18. The van der Waals surface area contributed by atoms with Crippen LogP contribution in [0.3, 0.4) is 0 Å². The Bertz CT molecular complexity index is 1030. The van der Waals surface area contributed by atoms with Gasteiger partial charge in [0.1, 0.15) is 17.8 Å². The van der Waals surface area contributed by atoms with Crippen molar-refractivity contribution >= 4 is 11.8 Å². The molecule has 2 fully saturated rings. The summed E-state index contributed by atoms with van der Waals surface area (Å²) < 4.78 is 51.0. The molecule has 1 aromatic carbocycles. The minimum Gasteiger partial charge on any atom is -0.484 e. The zero-order valence-electron chi connectivity index (χ0n) is 20.5. The maximum Gasteiger partial charge on any atom is 0.573 e. The van der Waals surface area contributed by atoms with E-state index in [-0.39, 0.29) is 42.1 Å².